The topological polar surface area (TPSA) is 29.1 Å². The summed E-state index contributed by atoms with van der Waals surface area (Å²) in [6.45, 7) is 2.22. The molecule has 0 unspecified atom stereocenters. The van der Waals surface area contributed by atoms with Gasteiger partial charge in [-0.1, -0.05) is 48.0 Å². The van der Waals surface area contributed by atoms with Gasteiger partial charge in [0.25, 0.3) is 0 Å². The van der Waals surface area contributed by atoms with Crippen molar-refractivity contribution in [2.24, 2.45) is 0 Å². The van der Waals surface area contributed by atoms with Crippen LogP contribution < -0.4 is 5.32 Å². The SMILES string of the molecule is Cc1ccc(NCC(=O)c2ccccc2)c(Cl)c1. The second kappa shape index (κ2) is 5.69. The molecule has 1 N–H and O–H groups in total. The summed E-state index contributed by atoms with van der Waals surface area (Å²) in [5.41, 5.74) is 2.58. The second-order valence-electron chi connectivity index (χ2n) is 4.13. The summed E-state index contributed by atoms with van der Waals surface area (Å²) in [6.07, 6.45) is 0. The Bertz CT molecular complexity index is 552. The van der Waals surface area contributed by atoms with Crippen LogP contribution in [-0.4, -0.2) is 12.3 Å². The van der Waals surface area contributed by atoms with Gasteiger partial charge in [-0.2, -0.15) is 0 Å². The smallest absolute Gasteiger partial charge is 0.181 e. The van der Waals surface area contributed by atoms with Gasteiger partial charge in [-0.05, 0) is 24.6 Å². The van der Waals surface area contributed by atoms with Crippen molar-refractivity contribution in [1.29, 1.82) is 0 Å². The highest BCUT2D eigenvalue weighted by Gasteiger charge is 2.06. The van der Waals surface area contributed by atoms with E-state index in [0.717, 1.165) is 11.3 Å². The molecular formula is C15H14ClNO. The van der Waals surface area contributed by atoms with E-state index in [2.05, 4.69) is 5.32 Å². The second-order valence-corrected chi connectivity index (χ2v) is 4.53. The number of anilines is 1. The van der Waals surface area contributed by atoms with Crippen LogP contribution >= 0.6 is 11.6 Å². The lowest BCUT2D eigenvalue weighted by Gasteiger charge is -2.08. The Morgan fingerprint density at radius 1 is 1.17 bits per heavy atom. The first-order valence-electron chi connectivity index (χ1n) is 5.75. The molecule has 2 aromatic rings. The third-order valence-electron chi connectivity index (χ3n) is 2.66. The van der Waals surface area contributed by atoms with E-state index in [1.54, 1.807) is 12.1 Å². The van der Waals surface area contributed by atoms with Crippen molar-refractivity contribution >= 4 is 23.1 Å². The van der Waals surface area contributed by atoms with Gasteiger partial charge >= 0.3 is 0 Å². The molecule has 0 aliphatic rings. The Kier molecular flexibility index (Phi) is 4.00. The Morgan fingerprint density at radius 2 is 1.89 bits per heavy atom. The van der Waals surface area contributed by atoms with E-state index in [1.165, 1.54) is 0 Å². The molecule has 0 saturated carbocycles. The molecule has 0 atom stereocenters. The molecule has 0 radical (unpaired) electrons. The number of nitrogens with one attached hydrogen (secondary N) is 1. The highest BCUT2D eigenvalue weighted by Crippen LogP contribution is 2.22. The zero-order valence-electron chi connectivity index (χ0n) is 10.1. The molecule has 2 rings (SSSR count). The predicted molar refractivity (Wildman–Crippen MR) is 75.5 cm³/mol. The maximum Gasteiger partial charge on any atom is 0.181 e. The van der Waals surface area contributed by atoms with Gasteiger partial charge < -0.3 is 5.32 Å². The van der Waals surface area contributed by atoms with E-state index in [0.29, 0.717) is 10.6 Å². The maximum absolute atomic E-state index is 11.9. The van der Waals surface area contributed by atoms with Crippen molar-refractivity contribution in [3.8, 4) is 0 Å². The third kappa shape index (κ3) is 3.11. The molecule has 0 amide bonds. The lowest BCUT2D eigenvalue weighted by molar-refractivity contribution is 0.101. The van der Waals surface area contributed by atoms with Crippen LogP contribution in [0.5, 0.6) is 0 Å². The number of halogens is 1. The molecule has 0 heterocycles. The van der Waals surface area contributed by atoms with Crippen molar-refractivity contribution in [3.05, 3.63) is 64.7 Å². The third-order valence-corrected chi connectivity index (χ3v) is 2.97. The minimum absolute atomic E-state index is 0.0484. The predicted octanol–water partition coefficient (Wildman–Crippen LogP) is 3.94. The molecule has 2 nitrogen and oxygen atoms in total. The van der Waals surface area contributed by atoms with E-state index >= 15 is 0 Å². The van der Waals surface area contributed by atoms with Gasteiger partial charge in [0.1, 0.15) is 0 Å². The van der Waals surface area contributed by atoms with E-state index in [1.807, 2.05) is 43.3 Å². The van der Waals surface area contributed by atoms with Crippen molar-refractivity contribution in [1.82, 2.24) is 0 Å². The highest BCUT2D eigenvalue weighted by molar-refractivity contribution is 6.33. The molecule has 18 heavy (non-hydrogen) atoms. The van der Waals surface area contributed by atoms with Crippen LogP contribution in [0.15, 0.2) is 48.5 Å². The number of rotatable bonds is 4. The number of Topliss-reactive ketones (excluding diaryl/α,β-unsaturated/α-hetero) is 1. The normalized spacial score (nSPS) is 10.1. The first-order chi connectivity index (χ1) is 8.66. The van der Waals surface area contributed by atoms with E-state index in [4.69, 9.17) is 11.6 Å². The number of hydrogen-bond donors (Lipinski definition) is 1. The molecule has 0 saturated heterocycles. The Balaban J connectivity index is 2.02. The van der Waals surface area contributed by atoms with Gasteiger partial charge in [0.2, 0.25) is 0 Å². The Hall–Kier alpha value is -1.80. The van der Waals surface area contributed by atoms with Crippen LogP contribution in [0, 0.1) is 6.92 Å². The monoisotopic (exact) mass is 259 g/mol. The maximum atomic E-state index is 11.9. The molecule has 0 fully saturated rings. The van der Waals surface area contributed by atoms with Gasteiger partial charge in [0, 0.05) is 5.56 Å². The molecular weight excluding hydrogens is 246 g/mol. The number of carbonyl (C=O) groups is 1. The molecule has 2 aromatic carbocycles. The average Bonchev–Trinajstić information content (AvgIpc) is 2.38. The molecule has 92 valence electrons. The molecule has 0 aliphatic carbocycles. The van der Waals surface area contributed by atoms with Gasteiger partial charge in [-0.25, -0.2) is 0 Å². The zero-order chi connectivity index (χ0) is 13.0. The minimum Gasteiger partial charge on any atom is -0.376 e. The van der Waals surface area contributed by atoms with Crippen LogP contribution in [0.1, 0.15) is 15.9 Å². The van der Waals surface area contributed by atoms with Crippen LogP contribution in [0.25, 0.3) is 0 Å². The molecule has 0 spiro atoms. The standard InChI is InChI=1S/C15H14ClNO/c1-11-7-8-14(13(16)9-11)17-10-15(18)12-5-3-2-4-6-12/h2-9,17H,10H2,1H3. The molecule has 0 bridgehead atoms. The summed E-state index contributed by atoms with van der Waals surface area (Å²) in [5, 5.41) is 3.69. The van der Waals surface area contributed by atoms with Crippen LogP contribution in [0.2, 0.25) is 5.02 Å². The number of benzene rings is 2. The van der Waals surface area contributed by atoms with Crippen molar-refractivity contribution < 1.29 is 4.79 Å². The molecule has 3 heteroatoms. The largest absolute Gasteiger partial charge is 0.376 e. The van der Waals surface area contributed by atoms with Crippen LogP contribution in [-0.2, 0) is 0 Å². The lowest BCUT2D eigenvalue weighted by Crippen LogP contribution is -2.14. The number of aryl methyl sites for hydroxylation is 1. The number of ketones is 1. The van der Waals surface area contributed by atoms with E-state index in [-0.39, 0.29) is 12.3 Å². The first kappa shape index (κ1) is 12.7. The summed E-state index contributed by atoms with van der Waals surface area (Å²) in [6, 6.07) is 14.9. The fourth-order valence-corrected chi connectivity index (χ4v) is 1.97. The van der Waals surface area contributed by atoms with Gasteiger partial charge in [0.05, 0.1) is 17.3 Å². The fourth-order valence-electron chi connectivity index (χ4n) is 1.67. The van der Waals surface area contributed by atoms with Gasteiger partial charge in [-0.3, -0.25) is 4.79 Å². The van der Waals surface area contributed by atoms with Gasteiger partial charge in [-0.15, -0.1) is 0 Å². The van der Waals surface area contributed by atoms with Crippen molar-refractivity contribution in [2.75, 3.05) is 11.9 Å². The summed E-state index contributed by atoms with van der Waals surface area (Å²) in [7, 11) is 0. The van der Waals surface area contributed by atoms with Crippen molar-refractivity contribution in [2.45, 2.75) is 6.92 Å². The van der Waals surface area contributed by atoms with Crippen molar-refractivity contribution in [3.63, 3.8) is 0 Å². The fraction of sp³-hybridized carbons (Fsp3) is 0.133. The van der Waals surface area contributed by atoms with E-state index in [9.17, 15) is 4.79 Å². The molecule has 0 aliphatic heterocycles. The van der Waals surface area contributed by atoms with Crippen LogP contribution in [0.3, 0.4) is 0 Å². The Morgan fingerprint density at radius 3 is 2.56 bits per heavy atom. The Labute approximate surface area is 112 Å². The van der Waals surface area contributed by atoms with Gasteiger partial charge in [0.15, 0.2) is 5.78 Å². The van der Waals surface area contributed by atoms with Crippen LogP contribution in [0.4, 0.5) is 5.69 Å². The van der Waals surface area contributed by atoms with E-state index < -0.39 is 0 Å². The zero-order valence-corrected chi connectivity index (χ0v) is 10.9. The lowest BCUT2D eigenvalue weighted by atomic mass is 10.1. The number of carbonyl (C=O) groups excluding carboxylic acids is 1. The highest BCUT2D eigenvalue weighted by atomic mass is 35.5. The molecule has 0 aromatic heterocycles. The summed E-state index contributed by atoms with van der Waals surface area (Å²) < 4.78 is 0. The first-order valence-corrected chi connectivity index (χ1v) is 6.13. The summed E-state index contributed by atoms with van der Waals surface area (Å²) in [4.78, 5) is 11.9. The average molecular weight is 260 g/mol. The number of hydrogen-bond acceptors (Lipinski definition) is 2. The summed E-state index contributed by atoms with van der Waals surface area (Å²) >= 11 is 6.09. The quantitative estimate of drug-likeness (QED) is 0.843. The minimum atomic E-state index is 0.0484. The summed E-state index contributed by atoms with van der Waals surface area (Å²) in [5.74, 6) is 0.0484.